The van der Waals surface area contributed by atoms with Crippen LogP contribution in [0.25, 0.3) is 0 Å². The molecule has 0 aliphatic rings. The second kappa shape index (κ2) is 51.8. The van der Waals surface area contributed by atoms with Crippen LogP contribution in [0.1, 0.15) is 310 Å². The lowest BCUT2D eigenvalue weighted by Crippen LogP contribution is -2.30. The van der Waals surface area contributed by atoms with Gasteiger partial charge >= 0.3 is 17.9 Å². The van der Waals surface area contributed by atoms with E-state index in [9.17, 15) is 14.4 Å². The molecule has 0 radical (unpaired) electrons. The lowest BCUT2D eigenvalue weighted by molar-refractivity contribution is -0.167. The summed E-state index contributed by atoms with van der Waals surface area (Å²) in [4.78, 5) is 37.9. The van der Waals surface area contributed by atoms with Crippen molar-refractivity contribution in [1.29, 1.82) is 0 Å². The predicted molar refractivity (Wildman–Crippen MR) is 266 cm³/mol. The topological polar surface area (TPSA) is 78.9 Å². The Bertz CT molecular complexity index is 962. The third-order valence-corrected chi connectivity index (χ3v) is 12.5. The van der Waals surface area contributed by atoms with E-state index in [1.54, 1.807) is 0 Å². The monoisotopic (exact) mass is 875 g/mol. The summed E-state index contributed by atoms with van der Waals surface area (Å²) in [5.41, 5.74) is 0. The Morgan fingerprint density at radius 3 is 0.806 bits per heavy atom. The zero-order valence-corrected chi connectivity index (χ0v) is 41.9. The van der Waals surface area contributed by atoms with Crippen molar-refractivity contribution in [1.82, 2.24) is 0 Å². The number of hydrogen-bond donors (Lipinski definition) is 0. The normalized spacial score (nSPS) is 12.0. The highest BCUT2D eigenvalue weighted by Crippen LogP contribution is 2.17. The fourth-order valence-electron chi connectivity index (χ4n) is 8.32. The van der Waals surface area contributed by atoms with Gasteiger partial charge in [-0.3, -0.25) is 14.4 Å². The molecule has 0 aliphatic heterocycles. The van der Waals surface area contributed by atoms with E-state index in [1.807, 2.05) is 0 Å². The number of rotatable bonds is 51. The van der Waals surface area contributed by atoms with Crippen molar-refractivity contribution in [3.8, 4) is 0 Å². The number of esters is 3. The van der Waals surface area contributed by atoms with Gasteiger partial charge in [-0.25, -0.2) is 0 Å². The third kappa shape index (κ3) is 49.2. The zero-order chi connectivity index (χ0) is 45.1. The van der Waals surface area contributed by atoms with Crippen LogP contribution in [0.15, 0.2) is 12.2 Å². The van der Waals surface area contributed by atoms with Gasteiger partial charge in [0.25, 0.3) is 0 Å². The molecule has 1 unspecified atom stereocenters. The van der Waals surface area contributed by atoms with E-state index < -0.39 is 6.10 Å². The summed E-state index contributed by atoms with van der Waals surface area (Å²) < 4.78 is 16.8. The summed E-state index contributed by atoms with van der Waals surface area (Å²) in [7, 11) is 0. The first-order valence-electron chi connectivity index (χ1n) is 27.7. The molecule has 0 saturated carbocycles. The van der Waals surface area contributed by atoms with Gasteiger partial charge in [0.2, 0.25) is 0 Å². The second-order valence-corrected chi connectivity index (χ2v) is 18.9. The quantitative estimate of drug-likeness (QED) is 0.0262. The zero-order valence-electron chi connectivity index (χ0n) is 41.9. The first-order chi connectivity index (χ1) is 30.5. The SMILES string of the molecule is CCCCCCCC/C=C\CCCCCCCC(=O)OC(COC(=O)CCCCCCCCCCC)COC(=O)CCCCCCCCCCCCCCCCCCCCCC. The Balaban J connectivity index is 4.22. The molecular weight excluding hydrogens is 769 g/mol. The molecule has 0 N–H and O–H groups in total. The molecule has 0 bridgehead atoms. The van der Waals surface area contributed by atoms with Crippen LogP contribution in [-0.2, 0) is 28.6 Å². The molecule has 0 rings (SSSR count). The summed E-state index contributed by atoms with van der Waals surface area (Å²) in [5.74, 6) is -0.860. The van der Waals surface area contributed by atoms with Crippen LogP contribution < -0.4 is 0 Å². The minimum Gasteiger partial charge on any atom is -0.462 e. The summed E-state index contributed by atoms with van der Waals surface area (Å²) >= 11 is 0. The van der Waals surface area contributed by atoms with Gasteiger partial charge in [-0.15, -0.1) is 0 Å². The van der Waals surface area contributed by atoms with E-state index in [0.29, 0.717) is 19.3 Å². The van der Waals surface area contributed by atoms with E-state index in [0.717, 1.165) is 64.2 Å². The fraction of sp³-hybridized carbons (Fsp3) is 0.911. The standard InChI is InChI=1S/C56H106O6/c1-4-7-10-13-16-19-21-23-25-26-27-28-29-31-32-34-37-40-43-46-49-55(58)61-52-53(51-60-54(57)48-45-42-39-36-18-15-12-9-6-3)62-56(59)50-47-44-41-38-35-33-30-24-22-20-17-14-11-8-5-2/h24,30,53H,4-23,25-29,31-52H2,1-3H3/b30-24-. The van der Waals surface area contributed by atoms with E-state index >= 15 is 0 Å². The Morgan fingerprint density at radius 2 is 0.532 bits per heavy atom. The second-order valence-electron chi connectivity index (χ2n) is 18.9. The summed E-state index contributed by atoms with van der Waals surface area (Å²) in [6, 6.07) is 0. The molecule has 0 aliphatic carbocycles. The molecule has 366 valence electrons. The average molecular weight is 875 g/mol. The van der Waals surface area contributed by atoms with Crippen LogP contribution in [0.4, 0.5) is 0 Å². The number of allylic oxidation sites excluding steroid dienone is 2. The molecule has 1 atom stereocenters. The maximum atomic E-state index is 12.8. The molecule has 0 fully saturated rings. The van der Waals surface area contributed by atoms with Gasteiger partial charge in [0.05, 0.1) is 0 Å². The largest absolute Gasteiger partial charge is 0.462 e. The van der Waals surface area contributed by atoms with E-state index in [4.69, 9.17) is 14.2 Å². The Kier molecular flexibility index (Phi) is 50.2. The molecule has 0 heterocycles. The van der Waals surface area contributed by atoms with Crippen LogP contribution in [0, 0.1) is 0 Å². The van der Waals surface area contributed by atoms with Crippen molar-refractivity contribution < 1.29 is 28.6 Å². The van der Waals surface area contributed by atoms with Crippen molar-refractivity contribution in [2.75, 3.05) is 13.2 Å². The average Bonchev–Trinajstić information content (AvgIpc) is 3.27. The molecular formula is C56H106O6. The molecule has 0 aromatic carbocycles. The van der Waals surface area contributed by atoms with Gasteiger partial charge in [-0.05, 0) is 44.9 Å². The highest BCUT2D eigenvalue weighted by Gasteiger charge is 2.19. The first-order valence-corrected chi connectivity index (χ1v) is 27.7. The van der Waals surface area contributed by atoms with E-state index in [1.165, 1.54) is 205 Å². The van der Waals surface area contributed by atoms with Gasteiger partial charge < -0.3 is 14.2 Å². The minimum absolute atomic E-state index is 0.0680. The van der Waals surface area contributed by atoms with Crippen LogP contribution in [-0.4, -0.2) is 37.2 Å². The van der Waals surface area contributed by atoms with Gasteiger partial charge in [0.15, 0.2) is 6.10 Å². The smallest absolute Gasteiger partial charge is 0.306 e. The molecule has 0 spiro atoms. The molecule has 62 heavy (non-hydrogen) atoms. The van der Waals surface area contributed by atoms with Crippen LogP contribution in [0.5, 0.6) is 0 Å². The van der Waals surface area contributed by atoms with Crippen molar-refractivity contribution in [3.63, 3.8) is 0 Å². The van der Waals surface area contributed by atoms with E-state index in [2.05, 4.69) is 32.9 Å². The number of carbonyl (C=O) groups excluding carboxylic acids is 3. The molecule has 0 amide bonds. The van der Waals surface area contributed by atoms with Gasteiger partial charge in [0, 0.05) is 19.3 Å². The maximum absolute atomic E-state index is 12.8. The van der Waals surface area contributed by atoms with Crippen LogP contribution in [0.2, 0.25) is 0 Å². The van der Waals surface area contributed by atoms with Crippen molar-refractivity contribution in [2.24, 2.45) is 0 Å². The highest BCUT2D eigenvalue weighted by atomic mass is 16.6. The van der Waals surface area contributed by atoms with Crippen molar-refractivity contribution >= 4 is 17.9 Å². The van der Waals surface area contributed by atoms with Crippen LogP contribution >= 0.6 is 0 Å². The fourth-order valence-corrected chi connectivity index (χ4v) is 8.32. The summed E-state index contributed by atoms with van der Waals surface area (Å²) in [5, 5.41) is 0. The van der Waals surface area contributed by atoms with Gasteiger partial charge in [-0.1, -0.05) is 258 Å². The molecule has 0 aromatic heterocycles. The third-order valence-electron chi connectivity index (χ3n) is 12.5. The Labute approximate surface area is 386 Å². The number of carbonyl (C=O) groups is 3. The van der Waals surface area contributed by atoms with Crippen molar-refractivity contribution in [2.45, 2.75) is 316 Å². The maximum Gasteiger partial charge on any atom is 0.306 e. The minimum atomic E-state index is -0.767. The van der Waals surface area contributed by atoms with Gasteiger partial charge in [0.1, 0.15) is 13.2 Å². The Hall–Kier alpha value is -1.85. The van der Waals surface area contributed by atoms with Gasteiger partial charge in [-0.2, -0.15) is 0 Å². The first kappa shape index (κ1) is 60.2. The molecule has 6 nitrogen and oxygen atoms in total. The molecule has 0 aromatic rings. The number of ether oxygens (including phenoxy) is 3. The highest BCUT2D eigenvalue weighted by molar-refractivity contribution is 5.71. The molecule has 6 heteroatoms. The predicted octanol–water partition coefficient (Wildman–Crippen LogP) is 18.2. The molecule has 0 saturated heterocycles. The van der Waals surface area contributed by atoms with Crippen LogP contribution in [0.3, 0.4) is 0 Å². The van der Waals surface area contributed by atoms with Crippen molar-refractivity contribution in [3.05, 3.63) is 12.2 Å². The summed E-state index contributed by atoms with van der Waals surface area (Å²) in [6.45, 7) is 6.65. The number of hydrogen-bond acceptors (Lipinski definition) is 6. The van der Waals surface area contributed by atoms with E-state index in [-0.39, 0.29) is 31.1 Å². The summed E-state index contributed by atoms with van der Waals surface area (Å²) in [6.07, 6.45) is 57.8. The lowest BCUT2D eigenvalue weighted by Gasteiger charge is -2.18. The Morgan fingerprint density at radius 1 is 0.306 bits per heavy atom. The number of unbranched alkanes of at least 4 members (excludes halogenated alkanes) is 38. The lowest BCUT2D eigenvalue weighted by atomic mass is 10.0.